The predicted octanol–water partition coefficient (Wildman–Crippen LogP) is 4.95. The lowest BCUT2D eigenvalue weighted by Gasteiger charge is -2.37. The van der Waals surface area contributed by atoms with Gasteiger partial charge in [0.1, 0.15) is 36.8 Å². The summed E-state index contributed by atoms with van der Waals surface area (Å²) >= 11 is 0. The van der Waals surface area contributed by atoms with Gasteiger partial charge in [0.25, 0.3) is 0 Å². The van der Waals surface area contributed by atoms with Gasteiger partial charge >= 0.3 is 19.8 Å². The lowest BCUT2D eigenvalue weighted by molar-refractivity contribution is -0.168. The van der Waals surface area contributed by atoms with Crippen LogP contribution in [-0.4, -0.2) is 138 Å². The summed E-state index contributed by atoms with van der Waals surface area (Å²) < 4.78 is 34.6. The summed E-state index contributed by atoms with van der Waals surface area (Å²) in [6.45, 7) is 2.67. The van der Waals surface area contributed by atoms with Gasteiger partial charge in [0.15, 0.2) is 6.10 Å². The summed E-state index contributed by atoms with van der Waals surface area (Å²) in [7, 11) is -5.50. The van der Waals surface area contributed by atoms with E-state index >= 15 is 0 Å². The molecule has 13 atom stereocenters. The molecule has 0 aromatic carbocycles. The molecule has 1 unspecified atom stereocenters. The standard InChI is InChI=1S/C47H81O17P/c1-3-5-7-8-9-10-11-12-13-14-15-16-17-18-20-26-41(53)63-35-31-61-40(52)25-22-21-24-34(49)29-37-39(51)30-38(50)36(28-27-33(48)23-19-6-4-2)42(54)45(57)47(46(58)44(56)43(37)55)64-65(59,60)62-32-35/h9-10,12-13,27-28,33,35-39,42-48,50-51,54-58H,3-8,11,14-26,29-32H2,1-2H3,(H,59,60)/b10-9-,13-12-,28-27+/t33-,35+,36-,37-,38+,39-,42+,43+,44-,45+,46+,47+/m0/s1. The Kier molecular flexibility index (Phi) is 30.0. The van der Waals surface area contributed by atoms with Crippen LogP contribution in [0.2, 0.25) is 0 Å². The number of phosphoric ester groups is 1. The van der Waals surface area contributed by atoms with E-state index in [1.165, 1.54) is 31.4 Å². The van der Waals surface area contributed by atoms with Crippen molar-refractivity contribution in [1.29, 1.82) is 0 Å². The zero-order chi connectivity index (χ0) is 48.2. The van der Waals surface area contributed by atoms with E-state index in [0.29, 0.717) is 19.3 Å². The highest BCUT2D eigenvalue weighted by Crippen LogP contribution is 2.47. The van der Waals surface area contributed by atoms with Crippen molar-refractivity contribution in [3.8, 4) is 0 Å². The van der Waals surface area contributed by atoms with Gasteiger partial charge < -0.3 is 55.2 Å². The third-order valence-corrected chi connectivity index (χ3v) is 12.9. The molecule has 18 heteroatoms. The first-order valence-electron chi connectivity index (χ1n) is 24.0. The molecule has 65 heavy (non-hydrogen) atoms. The summed E-state index contributed by atoms with van der Waals surface area (Å²) in [6.07, 6.45) is 3.38. The number of carbonyl (C=O) groups is 3. The number of esters is 2. The second-order valence-electron chi connectivity index (χ2n) is 17.6. The van der Waals surface area contributed by atoms with Gasteiger partial charge in [-0.2, -0.15) is 0 Å². The number of hydrogen-bond acceptors (Lipinski definition) is 16. The highest BCUT2D eigenvalue weighted by atomic mass is 31.2. The van der Waals surface area contributed by atoms with Crippen LogP contribution in [0.1, 0.15) is 155 Å². The van der Waals surface area contributed by atoms with Crippen LogP contribution in [0.15, 0.2) is 36.5 Å². The second kappa shape index (κ2) is 33.2. The number of aliphatic hydroxyl groups is 8. The first-order valence-corrected chi connectivity index (χ1v) is 25.5. The zero-order valence-corrected chi connectivity index (χ0v) is 39.5. The molecule has 1 aliphatic carbocycles. The van der Waals surface area contributed by atoms with E-state index in [1.54, 1.807) is 0 Å². The van der Waals surface area contributed by atoms with Crippen molar-refractivity contribution in [2.45, 2.75) is 216 Å². The lowest BCUT2D eigenvalue weighted by atomic mass is 9.82. The topological polar surface area (TPSA) is 287 Å². The smallest absolute Gasteiger partial charge is 0.462 e. The quantitative estimate of drug-likeness (QED) is 0.0318. The number of rotatable bonds is 21. The van der Waals surface area contributed by atoms with Crippen LogP contribution in [0, 0.1) is 11.8 Å². The Hall–Kier alpha value is -2.38. The Morgan fingerprint density at radius 1 is 0.754 bits per heavy atom. The zero-order valence-electron chi connectivity index (χ0n) is 38.6. The number of Topliss-reactive ketones (excluding diaryl/α,β-unsaturated/α-hetero) is 1. The van der Waals surface area contributed by atoms with Gasteiger partial charge in [-0.3, -0.25) is 23.4 Å². The van der Waals surface area contributed by atoms with Crippen molar-refractivity contribution in [2.24, 2.45) is 11.8 Å². The largest absolute Gasteiger partial charge is 0.472 e. The molecule has 9 N–H and O–H groups in total. The van der Waals surface area contributed by atoms with Gasteiger partial charge in [0, 0.05) is 43.9 Å². The maximum atomic E-state index is 13.5. The van der Waals surface area contributed by atoms with Gasteiger partial charge in [0.05, 0.1) is 37.1 Å². The number of allylic oxidation sites excluding steroid dienone is 4. The summed E-state index contributed by atoms with van der Waals surface area (Å²) in [4.78, 5) is 49.6. The van der Waals surface area contributed by atoms with Crippen LogP contribution >= 0.6 is 7.82 Å². The van der Waals surface area contributed by atoms with Crippen molar-refractivity contribution >= 4 is 25.5 Å². The van der Waals surface area contributed by atoms with E-state index in [4.69, 9.17) is 18.5 Å². The maximum absolute atomic E-state index is 13.5. The molecule has 1 aliphatic heterocycles. The number of phosphoric acid groups is 1. The van der Waals surface area contributed by atoms with Crippen LogP contribution in [0.25, 0.3) is 0 Å². The molecule has 2 rings (SSSR count). The molecular formula is C47H81O17P. The third-order valence-electron chi connectivity index (χ3n) is 11.9. The SMILES string of the molecule is CCCCC/C=C\C/C=C\CCCCCCCC(=O)O[C@@H]1COC(=O)CCCCC(=O)C[C@@H]2[C@@H](O)[C@H](O)[C@@H](O)[C@H](OP(=O)(O)OC1)[C@H](O)[C@H](O)[C@@H](/C=C/[C@@H](O)CCCCC)[C@H](O)C[C@@H]2O. The van der Waals surface area contributed by atoms with E-state index in [1.807, 2.05) is 6.92 Å². The van der Waals surface area contributed by atoms with Gasteiger partial charge in [-0.1, -0.05) is 102 Å². The van der Waals surface area contributed by atoms with Crippen LogP contribution in [-0.2, 0) is 37.5 Å². The molecule has 2 aliphatic rings. The van der Waals surface area contributed by atoms with Crippen LogP contribution in [0.5, 0.6) is 0 Å². The Morgan fingerprint density at radius 2 is 1.37 bits per heavy atom. The van der Waals surface area contributed by atoms with E-state index in [0.717, 1.165) is 57.8 Å². The molecule has 376 valence electrons. The van der Waals surface area contributed by atoms with E-state index in [9.17, 15) is 64.7 Å². The minimum atomic E-state index is -5.50. The van der Waals surface area contributed by atoms with Crippen molar-refractivity contribution in [1.82, 2.24) is 0 Å². The Balaban J connectivity index is 2.24. The van der Waals surface area contributed by atoms with E-state index < -0.39 is 124 Å². The number of carbonyl (C=O) groups excluding carboxylic acids is 3. The summed E-state index contributed by atoms with van der Waals surface area (Å²) in [5.74, 6) is -5.05. The van der Waals surface area contributed by atoms with Crippen molar-refractivity contribution in [3.05, 3.63) is 36.5 Å². The molecule has 1 heterocycles. The molecule has 0 aromatic heterocycles. The normalized spacial score (nSPS) is 32.6. The first kappa shape index (κ1) is 58.7. The van der Waals surface area contributed by atoms with Crippen LogP contribution in [0.4, 0.5) is 0 Å². The molecule has 2 bridgehead atoms. The van der Waals surface area contributed by atoms with Gasteiger partial charge in [0.2, 0.25) is 0 Å². The molecule has 2 fully saturated rings. The van der Waals surface area contributed by atoms with Crippen molar-refractivity contribution < 1.29 is 83.2 Å². The monoisotopic (exact) mass is 949 g/mol. The van der Waals surface area contributed by atoms with Crippen LogP contribution in [0.3, 0.4) is 0 Å². The van der Waals surface area contributed by atoms with E-state index in [-0.39, 0.29) is 32.1 Å². The molecule has 1 saturated heterocycles. The number of hydrogen-bond donors (Lipinski definition) is 9. The lowest BCUT2D eigenvalue weighted by Crippen LogP contribution is -2.56. The van der Waals surface area contributed by atoms with Gasteiger partial charge in [-0.25, -0.2) is 4.57 Å². The summed E-state index contributed by atoms with van der Waals surface area (Å²) in [6, 6.07) is 0. The first-order chi connectivity index (χ1) is 31.0. The average Bonchev–Trinajstić information content (AvgIpc) is 3.27. The Bertz CT molecular complexity index is 1470. The number of ether oxygens (including phenoxy) is 2. The number of ketones is 1. The predicted molar refractivity (Wildman–Crippen MR) is 242 cm³/mol. The minimum absolute atomic E-state index is 0.0122. The van der Waals surface area contributed by atoms with Gasteiger partial charge in [-0.15, -0.1) is 0 Å². The number of unbranched alkanes of at least 4 members (excludes halogenated alkanes) is 10. The molecule has 0 spiro atoms. The second-order valence-corrected chi connectivity index (χ2v) is 19.0. The molecule has 17 nitrogen and oxygen atoms in total. The third kappa shape index (κ3) is 24.0. The number of fused-ring (bicyclic) bond motifs is 4. The Morgan fingerprint density at radius 3 is 2.06 bits per heavy atom. The molecular weight excluding hydrogens is 867 g/mol. The average molecular weight is 949 g/mol. The summed E-state index contributed by atoms with van der Waals surface area (Å²) in [5.41, 5.74) is 0. The highest BCUT2D eigenvalue weighted by Gasteiger charge is 2.49. The molecule has 0 radical (unpaired) electrons. The fourth-order valence-electron chi connectivity index (χ4n) is 7.91. The fraction of sp³-hybridized carbons (Fsp3) is 0.809. The van der Waals surface area contributed by atoms with Crippen molar-refractivity contribution in [3.63, 3.8) is 0 Å². The number of aliphatic hydroxyl groups excluding tert-OH is 8. The minimum Gasteiger partial charge on any atom is -0.462 e. The van der Waals surface area contributed by atoms with Crippen LogP contribution < -0.4 is 0 Å². The van der Waals surface area contributed by atoms with E-state index in [2.05, 4.69) is 31.2 Å². The van der Waals surface area contributed by atoms with Gasteiger partial charge in [-0.05, 0) is 57.8 Å². The molecule has 0 amide bonds. The summed E-state index contributed by atoms with van der Waals surface area (Å²) in [5, 5.41) is 90.1. The molecule has 1 saturated carbocycles. The Labute approximate surface area is 385 Å². The fourth-order valence-corrected chi connectivity index (χ4v) is 8.88. The molecule has 0 aromatic rings. The number of cyclic esters (lactones) is 1. The van der Waals surface area contributed by atoms with Crippen molar-refractivity contribution in [2.75, 3.05) is 13.2 Å². The maximum Gasteiger partial charge on any atom is 0.472 e. The highest BCUT2D eigenvalue weighted by molar-refractivity contribution is 7.47.